The zero-order chi connectivity index (χ0) is 21.3. The molecule has 7 heteroatoms. The molecule has 0 N–H and O–H groups in total. The van der Waals surface area contributed by atoms with Gasteiger partial charge in [0.2, 0.25) is 10.1 Å². The van der Waals surface area contributed by atoms with E-state index in [-0.39, 0.29) is 5.56 Å². The molecule has 6 nitrogen and oxygen atoms in total. The second-order valence-corrected chi connectivity index (χ2v) is 8.43. The third kappa shape index (κ3) is 4.07. The van der Waals surface area contributed by atoms with Crippen LogP contribution in [0.25, 0.3) is 4.96 Å². The summed E-state index contributed by atoms with van der Waals surface area (Å²) < 4.78 is 7.50. The second-order valence-electron chi connectivity index (χ2n) is 7.49. The molecule has 2 aromatic carbocycles. The lowest BCUT2D eigenvalue weighted by atomic mass is 10.1. The predicted molar refractivity (Wildman–Crippen MR) is 121 cm³/mol. The van der Waals surface area contributed by atoms with Gasteiger partial charge in [0, 0.05) is 25.9 Å². The first-order valence-electron chi connectivity index (χ1n) is 9.76. The van der Waals surface area contributed by atoms with Gasteiger partial charge in [-0.25, -0.2) is 4.98 Å². The van der Waals surface area contributed by atoms with Crippen LogP contribution in [0.4, 0.5) is 5.13 Å². The highest BCUT2D eigenvalue weighted by atomic mass is 32.1. The van der Waals surface area contributed by atoms with Crippen molar-refractivity contribution in [1.82, 2.24) is 14.6 Å². The molecule has 0 fully saturated rings. The summed E-state index contributed by atoms with van der Waals surface area (Å²) in [6.45, 7) is 7.48. The van der Waals surface area contributed by atoms with Crippen LogP contribution in [0, 0.1) is 20.8 Å². The minimum atomic E-state index is -0.169. The van der Waals surface area contributed by atoms with Crippen molar-refractivity contribution in [1.29, 1.82) is 0 Å². The van der Waals surface area contributed by atoms with Crippen LogP contribution in [0.2, 0.25) is 0 Å². The van der Waals surface area contributed by atoms with E-state index in [1.807, 2.05) is 24.1 Å². The first-order chi connectivity index (χ1) is 14.4. The predicted octanol–water partition coefficient (Wildman–Crippen LogP) is 4.29. The fraction of sp³-hybridized carbons (Fsp3) is 0.261. The molecule has 0 saturated heterocycles. The summed E-state index contributed by atoms with van der Waals surface area (Å²) in [6.07, 6.45) is 1.52. The SMILES string of the molecule is Cc1ccccc1COc1c(C)cc(CN(C)c2nn3c(=O)ccnc3s2)cc1C. The van der Waals surface area contributed by atoms with Gasteiger partial charge in [0.1, 0.15) is 12.4 Å². The summed E-state index contributed by atoms with van der Waals surface area (Å²) in [6, 6.07) is 14.0. The smallest absolute Gasteiger partial charge is 0.275 e. The van der Waals surface area contributed by atoms with Gasteiger partial charge in [-0.2, -0.15) is 4.52 Å². The molecule has 0 aliphatic carbocycles. The lowest BCUT2D eigenvalue weighted by molar-refractivity contribution is 0.301. The largest absolute Gasteiger partial charge is 0.488 e. The van der Waals surface area contributed by atoms with Gasteiger partial charge in [0.05, 0.1) is 0 Å². The zero-order valence-corrected chi connectivity index (χ0v) is 18.4. The van der Waals surface area contributed by atoms with E-state index in [0.29, 0.717) is 18.1 Å². The Hall–Kier alpha value is -3.19. The van der Waals surface area contributed by atoms with E-state index < -0.39 is 0 Å². The number of rotatable bonds is 6. The first-order valence-corrected chi connectivity index (χ1v) is 10.6. The van der Waals surface area contributed by atoms with Gasteiger partial charge >= 0.3 is 0 Å². The van der Waals surface area contributed by atoms with Gasteiger partial charge < -0.3 is 9.64 Å². The molecule has 30 heavy (non-hydrogen) atoms. The highest BCUT2D eigenvalue weighted by molar-refractivity contribution is 7.20. The fourth-order valence-electron chi connectivity index (χ4n) is 3.51. The van der Waals surface area contributed by atoms with E-state index in [4.69, 9.17) is 4.74 Å². The number of aryl methyl sites for hydroxylation is 3. The number of nitrogens with zero attached hydrogens (tertiary/aromatic N) is 4. The van der Waals surface area contributed by atoms with Crippen molar-refractivity contribution < 1.29 is 4.74 Å². The first kappa shape index (κ1) is 20.1. The Labute approximate surface area is 179 Å². The van der Waals surface area contributed by atoms with Gasteiger partial charge in [-0.1, -0.05) is 47.7 Å². The Kier molecular flexibility index (Phi) is 5.55. The van der Waals surface area contributed by atoms with Crippen LogP contribution in [0.3, 0.4) is 0 Å². The third-order valence-electron chi connectivity index (χ3n) is 5.06. The van der Waals surface area contributed by atoms with Crippen molar-refractivity contribution in [3.05, 3.63) is 86.8 Å². The topological polar surface area (TPSA) is 59.7 Å². The van der Waals surface area contributed by atoms with Gasteiger partial charge in [0.25, 0.3) is 5.56 Å². The zero-order valence-electron chi connectivity index (χ0n) is 17.5. The number of fused-ring (bicyclic) bond motifs is 1. The molecular weight excluding hydrogens is 396 g/mol. The normalized spacial score (nSPS) is 11.1. The monoisotopic (exact) mass is 420 g/mol. The van der Waals surface area contributed by atoms with E-state index in [1.54, 1.807) is 0 Å². The lowest BCUT2D eigenvalue weighted by Crippen LogP contribution is -2.18. The van der Waals surface area contributed by atoms with Crippen LogP contribution >= 0.6 is 11.3 Å². The van der Waals surface area contributed by atoms with Crippen LogP contribution in [-0.2, 0) is 13.2 Å². The Morgan fingerprint density at radius 2 is 1.80 bits per heavy atom. The molecule has 0 bridgehead atoms. The molecule has 0 unspecified atom stereocenters. The molecule has 0 atom stereocenters. The molecule has 0 radical (unpaired) electrons. The average Bonchev–Trinajstić information content (AvgIpc) is 3.15. The number of hydrogen-bond acceptors (Lipinski definition) is 6. The van der Waals surface area contributed by atoms with Crippen molar-refractivity contribution in [3.63, 3.8) is 0 Å². The molecule has 0 aliphatic rings. The molecule has 2 heterocycles. The maximum Gasteiger partial charge on any atom is 0.275 e. The second kappa shape index (κ2) is 8.28. The van der Waals surface area contributed by atoms with E-state index >= 15 is 0 Å². The maximum atomic E-state index is 11.9. The summed E-state index contributed by atoms with van der Waals surface area (Å²) in [5, 5.41) is 5.15. The molecule has 0 spiro atoms. The Morgan fingerprint density at radius 1 is 1.07 bits per heavy atom. The fourth-order valence-corrected chi connectivity index (χ4v) is 4.35. The molecule has 4 aromatic rings. The van der Waals surface area contributed by atoms with E-state index in [1.165, 1.54) is 39.2 Å². The van der Waals surface area contributed by atoms with E-state index in [2.05, 4.69) is 55.1 Å². The highest BCUT2D eigenvalue weighted by Gasteiger charge is 2.13. The van der Waals surface area contributed by atoms with Gasteiger partial charge in [-0.15, -0.1) is 5.10 Å². The quantitative estimate of drug-likeness (QED) is 0.466. The Morgan fingerprint density at radius 3 is 2.50 bits per heavy atom. The molecule has 4 rings (SSSR count). The lowest BCUT2D eigenvalue weighted by Gasteiger charge is -2.18. The van der Waals surface area contributed by atoms with Crippen LogP contribution in [0.1, 0.15) is 27.8 Å². The van der Waals surface area contributed by atoms with Crippen molar-refractivity contribution in [2.24, 2.45) is 0 Å². The molecule has 0 aliphatic heterocycles. The van der Waals surface area contributed by atoms with Crippen molar-refractivity contribution in [2.75, 3.05) is 11.9 Å². The van der Waals surface area contributed by atoms with Crippen LogP contribution in [0.15, 0.2) is 53.5 Å². The minimum absolute atomic E-state index is 0.169. The third-order valence-corrected chi connectivity index (χ3v) is 6.10. The highest BCUT2D eigenvalue weighted by Crippen LogP contribution is 2.28. The molecular formula is C23H24N4O2S. The van der Waals surface area contributed by atoms with Crippen LogP contribution in [0.5, 0.6) is 5.75 Å². The summed E-state index contributed by atoms with van der Waals surface area (Å²) >= 11 is 1.40. The van der Waals surface area contributed by atoms with Crippen LogP contribution in [-0.4, -0.2) is 21.6 Å². The van der Waals surface area contributed by atoms with Crippen molar-refractivity contribution >= 4 is 21.4 Å². The molecule has 154 valence electrons. The van der Waals surface area contributed by atoms with Gasteiger partial charge in [-0.3, -0.25) is 4.79 Å². The Balaban J connectivity index is 1.51. The number of benzene rings is 2. The van der Waals surface area contributed by atoms with Crippen molar-refractivity contribution in [3.8, 4) is 5.75 Å². The number of anilines is 1. The summed E-state index contributed by atoms with van der Waals surface area (Å²) in [5.74, 6) is 0.931. The van der Waals surface area contributed by atoms with E-state index in [9.17, 15) is 4.79 Å². The number of aromatic nitrogens is 3. The number of hydrogen-bond donors (Lipinski definition) is 0. The Bertz CT molecular complexity index is 1240. The van der Waals surface area contributed by atoms with Crippen LogP contribution < -0.4 is 15.2 Å². The van der Waals surface area contributed by atoms with E-state index in [0.717, 1.165) is 27.6 Å². The summed E-state index contributed by atoms with van der Waals surface area (Å²) in [5.41, 5.74) is 5.63. The standard InChI is InChI=1S/C23H24N4O2S/c1-15-7-5-6-8-19(15)14-29-21-16(2)11-18(12-17(21)3)13-26(4)23-25-27-20(28)9-10-24-22(27)30-23/h5-12H,13-14H2,1-4H3. The summed E-state index contributed by atoms with van der Waals surface area (Å²) in [4.78, 5) is 18.8. The molecule has 2 aromatic heterocycles. The van der Waals surface area contributed by atoms with Gasteiger partial charge in [-0.05, 0) is 48.6 Å². The average molecular weight is 421 g/mol. The molecule has 0 amide bonds. The summed E-state index contributed by atoms with van der Waals surface area (Å²) in [7, 11) is 1.97. The van der Waals surface area contributed by atoms with Gasteiger partial charge in [0.15, 0.2) is 0 Å². The maximum absolute atomic E-state index is 11.9. The number of ether oxygens (including phenoxy) is 1. The molecule has 0 saturated carbocycles. The minimum Gasteiger partial charge on any atom is -0.488 e. The van der Waals surface area contributed by atoms with Crippen molar-refractivity contribution in [2.45, 2.75) is 33.9 Å².